The first-order valence-corrected chi connectivity index (χ1v) is 8.57. The minimum absolute atomic E-state index is 0.0358. The first-order chi connectivity index (χ1) is 11.4. The zero-order chi connectivity index (χ0) is 17.7. The number of carbonyl (C=O) groups excluding carboxylic acids is 2. The van der Waals surface area contributed by atoms with Gasteiger partial charge in [0.15, 0.2) is 5.11 Å². The monoisotopic (exact) mass is 368 g/mol. The molecule has 0 spiro atoms. The zero-order valence-electron chi connectivity index (χ0n) is 13.8. The van der Waals surface area contributed by atoms with Gasteiger partial charge in [0, 0.05) is 38.2 Å². The van der Waals surface area contributed by atoms with E-state index >= 15 is 0 Å². The molecule has 0 aliphatic carbocycles. The number of amides is 2. The van der Waals surface area contributed by atoms with Crippen molar-refractivity contribution in [3.05, 3.63) is 28.8 Å². The third-order valence-corrected chi connectivity index (χ3v) is 4.36. The third-order valence-electron chi connectivity index (χ3n) is 3.83. The number of piperazine rings is 1. The third kappa shape index (κ3) is 4.90. The fraction of sp³-hybridized carbons (Fsp3) is 0.438. The highest BCUT2D eigenvalue weighted by Gasteiger charge is 2.21. The van der Waals surface area contributed by atoms with E-state index in [2.05, 4.69) is 15.5 Å². The number of likely N-dealkylation sites (N-methyl/N-ethyl adjacent to an activating group) is 1. The first kappa shape index (κ1) is 18.6. The number of halogens is 1. The van der Waals surface area contributed by atoms with Crippen LogP contribution in [0.15, 0.2) is 18.2 Å². The second-order valence-electron chi connectivity index (χ2n) is 5.65. The SMILES string of the molecule is CCC(=O)NC(=S)Nc1cc(C(=O)N2CCN(C)CC2)ccc1Cl. The molecule has 1 fully saturated rings. The number of hydrogen-bond acceptors (Lipinski definition) is 4. The van der Waals surface area contributed by atoms with Gasteiger partial charge in [-0.05, 0) is 37.5 Å². The van der Waals surface area contributed by atoms with E-state index in [1.54, 1.807) is 25.1 Å². The Hall–Kier alpha value is -1.70. The standard InChI is InChI=1S/C16H21ClN4O2S/c1-3-14(22)19-16(24)18-13-10-11(4-5-12(13)17)15(23)21-8-6-20(2)7-9-21/h4-5,10H,3,6-9H2,1-2H3,(H2,18,19,22,24). The van der Waals surface area contributed by atoms with Gasteiger partial charge in [0.2, 0.25) is 5.91 Å². The molecule has 2 N–H and O–H groups in total. The largest absolute Gasteiger partial charge is 0.336 e. The lowest BCUT2D eigenvalue weighted by molar-refractivity contribution is -0.119. The van der Waals surface area contributed by atoms with Crippen LogP contribution in [0.1, 0.15) is 23.7 Å². The van der Waals surface area contributed by atoms with Crippen molar-refractivity contribution in [1.82, 2.24) is 15.1 Å². The molecular formula is C16H21ClN4O2S. The van der Waals surface area contributed by atoms with Crippen LogP contribution < -0.4 is 10.6 Å². The van der Waals surface area contributed by atoms with E-state index in [1.807, 2.05) is 11.9 Å². The number of thiocarbonyl (C=S) groups is 1. The van der Waals surface area contributed by atoms with E-state index in [0.717, 1.165) is 13.1 Å². The smallest absolute Gasteiger partial charge is 0.254 e. The predicted octanol–water partition coefficient (Wildman–Crippen LogP) is 1.95. The Labute approximate surface area is 152 Å². The Kier molecular flexibility index (Phi) is 6.53. The first-order valence-electron chi connectivity index (χ1n) is 7.79. The van der Waals surface area contributed by atoms with Crippen LogP contribution in [0.5, 0.6) is 0 Å². The van der Waals surface area contributed by atoms with Crippen LogP contribution in [-0.2, 0) is 4.79 Å². The van der Waals surface area contributed by atoms with Gasteiger partial charge in [-0.25, -0.2) is 0 Å². The molecule has 8 heteroatoms. The van der Waals surface area contributed by atoms with E-state index in [0.29, 0.717) is 35.8 Å². The van der Waals surface area contributed by atoms with Gasteiger partial charge < -0.3 is 20.4 Å². The maximum absolute atomic E-state index is 12.6. The number of anilines is 1. The van der Waals surface area contributed by atoms with E-state index in [1.165, 1.54) is 0 Å². The lowest BCUT2D eigenvalue weighted by Gasteiger charge is -2.32. The summed E-state index contributed by atoms with van der Waals surface area (Å²) in [6, 6.07) is 5.01. The average molecular weight is 369 g/mol. The number of carbonyl (C=O) groups is 2. The molecular weight excluding hydrogens is 348 g/mol. The maximum atomic E-state index is 12.6. The molecule has 1 heterocycles. The van der Waals surface area contributed by atoms with Gasteiger partial charge in [0.05, 0.1) is 10.7 Å². The molecule has 6 nitrogen and oxygen atoms in total. The summed E-state index contributed by atoms with van der Waals surface area (Å²) in [5, 5.41) is 6.00. The molecule has 0 aromatic heterocycles. The minimum Gasteiger partial charge on any atom is -0.336 e. The normalized spacial score (nSPS) is 15.0. The van der Waals surface area contributed by atoms with Crippen molar-refractivity contribution in [2.24, 2.45) is 0 Å². The van der Waals surface area contributed by atoms with Gasteiger partial charge in [-0.2, -0.15) is 0 Å². The summed E-state index contributed by atoms with van der Waals surface area (Å²) >= 11 is 11.2. The molecule has 1 aromatic rings. The Bertz CT molecular complexity index is 645. The van der Waals surface area contributed by atoms with Crippen LogP contribution in [0.3, 0.4) is 0 Å². The highest BCUT2D eigenvalue weighted by molar-refractivity contribution is 7.80. The van der Waals surface area contributed by atoms with Crippen molar-refractivity contribution in [3.63, 3.8) is 0 Å². The Balaban J connectivity index is 2.08. The molecule has 2 rings (SSSR count). The van der Waals surface area contributed by atoms with Crippen LogP contribution in [0.25, 0.3) is 0 Å². The summed E-state index contributed by atoms with van der Waals surface area (Å²) in [6.07, 6.45) is 0.331. The fourth-order valence-electron chi connectivity index (χ4n) is 2.31. The summed E-state index contributed by atoms with van der Waals surface area (Å²) in [5.41, 5.74) is 1.04. The van der Waals surface area contributed by atoms with Crippen molar-refractivity contribution in [3.8, 4) is 0 Å². The van der Waals surface area contributed by atoms with Gasteiger partial charge in [-0.3, -0.25) is 9.59 Å². The van der Waals surface area contributed by atoms with E-state index < -0.39 is 0 Å². The minimum atomic E-state index is -0.187. The molecule has 1 aliphatic heterocycles. The van der Waals surface area contributed by atoms with Crippen molar-refractivity contribution in [1.29, 1.82) is 0 Å². The number of nitrogens with one attached hydrogen (secondary N) is 2. The number of benzene rings is 1. The topological polar surface area (TPSA) is 64.7 Å². The zero-order valence-corrected chi connectivity index (χ0v) is 15.3. The Morgan fingerprint density at radius 2 is 1.92 bits per heavy atom. The molecule has 2 amide bonds. The van der Waals surface area contributed by atoms with Crippen molar-refractivity contribution in [2.75, 3.05) is 38.5 Å². The molecule has 24 heavy (non-hydrogen) atoms. The summed E-state index contributed by atoms with van der Waals surface area (Å²) in [7, 11) is 2.04. The van der Waals surface area contributed by atoms with Crippen LogP contribution in [-0.4, -0.2) is 60.0 Å². The van der Waals surface area contributed by atoms with Crippen LogP contribution >= 0.6 is 23.8 Å². The van der Waals surface area contributed by atoms with Gasteiger partial charge in [-0.1, -0.05) is 18.5 Å². The highest BCUT2D eigenvalue weighted by Crippen LogP contribution is 2.24. The van der Waals surface area contributed by atoms with Crippen molar-refractivity contribution < 1.29 is 9.59 Å². The predicted molar refractivity (Wildman–Crippen MR) is 99.5 cm³/mol. The average Bonchev–Trinajstić information content (AvgIpc) is 2.56. The van der Waals surface area contributed by atoms with Gasteiger partial charge in [0.25, 0.3) is 5.91 Å². The van der Waals surface area contributed by atoms with Gasteiger partial charge in [-0.15, -0.1) is 0 Å². The molecule has 0 radical (unpaired) electrons. The van der Waals surface area contributed by atoms with E-state index in [9.17, 15) is 9.59 Å². The Morgan fingerprint density at radius 1 is 1.25 bits per heavy atom. The van der Waals surface area contributed by atoms with Crippen LogP contribution in [0.4, 0.5) is 5.69 Å². The van der Waals surface area contributed by atoms with Crippen LogP contribution in [0, 0.1) is 0 Å². The summed E-state index contributed by atoms with van der Waals surface area (Å²) < 4.78 is 0. The molecule has 0 bridgehead atoms. The second kappa shape index (κ2) is 8.41. The quantitative estimate of drug-likeness (QED) is 0.798. The molecule has 1 aromatic carbocycles. The molecule has 0 saturated carbocycles. The molecule has 1 saturated heterocycles. The van der Waals surface area contributed by atoms with E-state index in [4.69, 9.17) is 23.8 Å². The number of nitrogens with zero attached hydrogens (tertiary/aromatic N) is 2. The number of hydrogen-bond donors (Lipinski definition) is 2. The summed E-state index contributed by atoms with van der Waals surface area (Å²) in [4.78, 5) is 28.0. The Morgan fingerprint density at radius 3 is 2.54 bits per heavy atom. The fourth-order valence-corrected chi connectivity index (χ4v) is 2.70. The summed E-state index contributed by atoms with van der Waals surface area (Å²) in [5.74, 6) is -0.223. The lowest BCUT2D eigenvalue weighted by Crippen LogP contribution is -2.47. The number of rotatable bonds is 3. The second-order valence-corrected chi connectivity index (χ2v) is 6.46. The van der Waals surface area contributed by atoms with Crippen LogP contribution in [0.2, 0.25) is 5.02 Å². The van der Waals surface area contributed by atoms with Gasteiger partial charge in [0.1, 0.15) is 0 Å². The molecule has 0 atom stereocenters. The maximum Gasteiger partial charge on any atom is 0.254 e. The molecule has 130 valence electrons. The van der Waals surface area contributed by atoms with E-state index in [-0.39, 0.29) is 16.9 Å². The summed E-state index contributed by atoms with van der Waals surface area (Å²) in [6.45, 7) is 4.85. The lowest BCUT2D eigenvalue weighted by atomic mass is 10.1. The van der Waals surface area contributed by atoms with Gasteiger partial charge >= 0.3 is 0 Å². The molecule has 1 aliphatic rings. The van der Waals surface area contributed by atoms with Crippen molar-refractivity contribution >= 4 is 46.4 Å². The molecule has 0 unspecified atom stereocenters. The van der Waals surface area contributed by atoms with Crippen molar-refractivity contribution in [2.45, 2.75) is 13.3 Å². The highest BCUT2D eigenvalue weighted by atomic mass is 35.5.